The van der Waals surface area contributed by atoms with Crippen LogP contribution in [0.1, 0.15) is 25.8 Å². The lowest BCUT2D eigenvalue weighted by Gasteiger charge is -2.40. The van der Waals surface area contributed by atoms with Crippen molar-refractivity contribution in [1.82, 2.24) is 30.2 Å². The van der Waals surface area contributed by atoms with Crippen molar-refractivity contribution in [1.29, 1.82) is 0 Å². The number of nitrogens with zero attached hydrogens (tertiary/aromatic N) is 5. The molecule has 1 fully saturated rings. The van der Waals surface area contributed by atoms with Gasteiger partial charge in [0.15, 0.2) is 5.82 Å². The summed E-state index contributed by atoms with van der Waals surface area (Å²) < 4.78 is 14.3. The van der Waals surface area contributed by atoms with Crippen LogP contribution in [0.25, 0.3) is 38.8 Å². The Morgan fingerprint density at radius 3 is 2.76 bits per heavy atom. The molecule has 7 rings (SSSR count). The molecule has 0 bridgehead atoms. The van der Waals surface area contributed by atoms with E-state index in [2.05, 4.69) is 56.9 Å². The number of piperidine rings is 1. The molecule has 1 aromatic carbocycles. The SMILES string of the molecule is CC1(C)CNCC[C@@H]1Nc1nc(-c2ccnc(Nc3ccc4cccc(F)c4n3)c2)nc2cncc(C3=CC=C3)c12. The Morgan fingerprint density at radius 2 is 1.93 bits per heavy atom. The summed E-state index contributed by atoms with van der Waals surface area (Å²) in [5, 5.41) is 12.2. The number of pyridine rings is 3. The molecule has 1 atom stereocenters. The molecule has 8 nitrogen and oxygen atoms in total. The minimum Gasteiger partial charge on any atom is -0.366 e. The van der Waals surface area contributed by atoms with E-state index in [1.807, 2.05) is 42.6 Å². The number of aromatic nitrogens is 5. The van der Waals surface area contributed by atoms with Crippen LogP contribution in [0.5, 0.6) is 0 Å². The van der Waals surface area contributed by atoms with Gasteiger partial charge in [0, 0.05) is 41.5 Å². The van der Waals surface area contributed by atoms with E-state index in [0.717, 1.165) is 58.3 Å². The Hall–Kier alpha value is -4.76. The highest BCUT2D eigenvalue weighted by Crippen LogP contribution is 2.36. The summed E-state index contributed by atoms with van der Waals surface area (Å²) in [6, 6.07) is 12.5. The third-order valence-electron chi connectivity index (χ3n) is 7.86. The molecule has 0 spiro atoms. The molecule has 5 aromatic rings. The quantitative estimate of drug-likeness (QED) is 0.230. The third-order valence-corrected chi connectivity index (χ3v) is 7.86. The van der Waals surface area contributed by atoms with Crippen molar-refractivity contribution >= 4 is 44.8 Å². The zero-order valence-corrected chi connectivity index (χ0v) is 22.8. The van der Waals surface area contributed by atoms with E-state index in [0.29, 0.717) is 23.0 Å². The van der Waals surface area contributed by atoms with E-state index < -0.39 is 0 Å². The molecule has 1 aliphatic heterocycles. The highest BCUT2D eigenvalue weighted by Gasteiger charge is 2.33. The largest absolute Gasteiger partial charge is 0.366 e. The lowest BCUT2D eigenvalue weighted by molar-refractivity contribution is 0.236. The van der Waals surface area contributed by atoms with E-state index >= 15 is 0 Å². The summed E-state index contributed by atoms with van der Waals surface area (Å²) in [7, 11) is 0. The summed E-state index contributed by atoms with van der Waals surface area (Å²) in [6.45, 7) is 6.42. The Kier molecular flexibility index (Phi) is 6.16. The molecule has 0 radical (unpaired) electrons. The number of para-hydroxylation sites is 1. The van der Waals surface area contributed by atoms with Crippen LogP contribution in [-0.4, -0.2) is 44.1 Å². The standard InChI is InChI=1S/C32H29FN8/c1-32(2)18-34-13-12-25(32)38-31-28-22(19-5-3-6-19)16-35-17-24(28)37-30(41-31)21-11-14-36-27(15-21)39-26-10-9-20-7-4-8-23(33)29(20)40-26/h3-11,14-17,25,34H,12-13,18H2,1-2H3,(H,36,39,40)(H,37,38,41)/t25-/m0/s1. The van der Waals surface area contributed by atoms with E-state index in [1.54, 1.807) is 18.5 Å². The average molecular weight is 545 g/mol. The summed E-state index contributed by atoms with van der Waals surface area (Å²) in [5.41, 5.74) is 4.03. The molecule has 1 saturated heterocycles. The van der Waals surface area contributed by atoms with Crippen molar-refractivity contribution in [3.8, 4) is 11.4 Å². The van der Waals surface area contributed by atoms with Crippen LogP contribution in [0.3, 0.4) is 0 Å². The van der Waals surface area contributed by atoms with Crippen LogP contribution in [0.15, 0.2) is 79.3 Å². The van der Waals surface area contributed by atoms with Crippen molar-refractivity contribution in [2.75, 3.05) is 23.7 Å². The Bertz CT molecular complexity index is 1860. The Labute approximate surface area is 236 Å². The van der Waals surface area contributed by atoms with Crippen LogP contribution in [-0.2, 0) is 0 Å². The van der Waals surface area contributed by atoms with Gasteiger partial charge < -0.3 is 16.0 Å². The van der Waals surface area contributed by atoms with Crippen molar-refractivity contribution < 1.29 is 4.39 Å². The molecule has 0 amide bonds. The van der Waals surface area contributed by atoms with Gasteiger partial charge in [0.1, 0.15) is 28.8 Å². The summed E-state index contributed by atoms with van der Waals surface area (Å²) in [6.07, 6.45) is 12.5. The average Bonchev–Trinajstić information content (AvgIpc) is 2.94. The number of hydrogen-bond acceptors (Lipinski definition) is 8. The van der Waals surface area contributed by atoms with Crippen molar-refractivity contribution in [3.05, 3.63) is 90.7 Å². The van der Waals surface area contributed by atoms with Crippen LogP contribution >= 0.6 is 0 Å². The summed E-state index contributed by atoms with van der Waals surface area (Å²) in [5.74, 6) is 2.04. The normalized spacial score (nSPS) is 17.7. The first-order chi connectivity index (χ1) is 19.9. The third kappa shape index (κ3) is 4.78. The van der Waals surface area contributed by atoms with Crippen LogP contribution in [0.2, 0.25) is 0 Å². The molecule has 9 heteroatoms. The van der Waals surface area contributed by atoms with Crippen molar-refractivity contribution in [2.24, 2.45) is 5.41 Å². The maximum Gasteiger partial charge on any atom is 0.162 e. The molecule has 204 valence electrons. The van der Waals surface area contributed by atoms with Crippen LogP contribution < -0.4 is 16.0 Å². The molecule has 41 heavy (non-hydrogen) atoms. The Morgan fingerprint density at radius 1 is 1.02 bits per heavy atom. The first kappa shape index (κ1) is 25.2. The number of fused-ring (bicyclic) bond motifs is 2. The van der Waals surface area contributed by atoms with Gasteiger partial charge in [-0.25, -0.2) is 24.3 Å². The fraction of sp³-hybridized carbons (Fsp3) is 0.219. The molecular formula is C32H29FN8. The number of anilines is 3. The first-order valence-corrected chi connectivity index (χ1v) is 13.8. The van der Waals surface area contributed by atoms with Gasteiger partial charge in [-0.05, 0) is 54.3 Å². The second-order valence-corrected chi connectivity index (χ2v) is 11.2. The fourth-order valence-electron chi connectivity index (χ4n) is 5.46. The first-order valence-electron chi connectivity index (χ1n) is 13.8. The number of hydrogen-bond donors (Lipinski definition) is 3. The molecule has 2 aliphatic rings. The lowest BCUT2D eigenvalue weighted by Crippen LogP contribution is -2.49. The Balaban J connectivity index is 1.29. The number of allylic oxidation sites excluding steroid dienone is 4. The van der Waals surface area contributed by atoms with Gasteiger partial charge in [-0.15, -0.1) is 0 Å². The van der Waals surface area contributed by atoms with Gasteiger partial charge in [0.25, 0.3) is 0 Å². The number of halogens is 1. The second-order valence-electron chi connectivity index (χ2n) is 11.2. The zero-order valence-electron chi connectivity index (χ0n) is 22.8. The van der Waals surface area contributed by atoms with E-state index in [-0.39, 0.29) is 17.3 Å². The maximum atomic E-state index is 14.3. The molecule has 1 aliphatic carbocycles. The van der Waals surface area contributed by atoms with Crippen molar-refractivity contribution in [3.63, 3.8) is 0 Å². The van der Waals surface area contributed by atoms with E-state index in [4.69, 9.17) is 9.97 Å². The number of rotatable bonds is 6. The molecule has 0 unspecified atom stereocenters. The van der Waals surface area contributed by atoms with Gasteiger partial charge >= 0.3 is 0 Å². The molecular weight excluding hydrogens is 515 g/mol. The second kappa shape index (κ2) is 10.0. The number of nitrogens with one attached hydrogen (secondary N) is 3. The van der Waals surface area contributed by atoms with Gasteiger partial charge in [-0.3, -0.25) is 4.98 Å². The zero-order chi connectivity index (χ0) is 28.0. The predicted octanol–water partition coefficient (Wildman–Crippen LogP) is 6.27. The molecule has 5 heterocycles. The minimum absolute atomic E-state index is 0.0403. The molecule has 4 aromatic heterocycles. The maximum absolute atomic E-state index is 14.3. The molecule has 3 N–H and O–H groups in total. The molecule has 0 saturated carbocycles. The predicted molar refractivity (Wildman–Crippen MR) is 161 cm³/mol. The topological polar surface area (TPSA) is 101 Å². The number of benzene rings is 1. The lowest BCUT2D eigenvalue weighted by atomic mass is 9.80. The van der Waals surface area contributed by atoms with Gasteiger partial charge in [0.2, 0.25) is 0 Å². The monoisotopic (exact) mass is 544 g/mol. The van der Waals surface area contributed by atoms with Gasteiger partial charge in [-0.1, -0.05) is 44.2 Å². The smallest absolute Gasteiger partial charge is 0.162 e. The highest BCUT2D eigenvalue weighted by atomic mass is 19.1. The van der Waals surface area contributed by atoms with Crippen molar-refractivity contribution in [2.45, 2.75) is 26.3 Å². The fourth-order valence-corrected chi connectivity index (χ4v) is 5.46. The van der Waals surface area contributed by atoms with Gasteiger partial charge in [0.05, 0.1) is 17.1 Å². The summed E-state index contributed by atoms with van der Waals surface area (Å²) in [4.78, 5) is 23.5. The highest BCUT2D eigenvalue weighted by molar-refractivity contribution is 6.02. The minimum atomic E-state index is -0.365. The van der Waals surface area contributed by atoms with Crippen LogP contribution in [0.4, 0.5) is 21.8 Å². The van der Waals surface area contributed by atoms with Gasteiger partial charge in [-0.2, -0.15) is 0 Å². The van der Waals surface area contributed by atoms with Crippen LogP contribution in [0, 0.1) is 11.2 Å². The van der Waals surface area contributed by atoms with E-state index in [1.165, 1.54) is 6.07 Å². The summed E-state index contributed by atoms with van der Waals surface area (Å²) >= 11 is 0. The van der Waals surface area contributed by atoms with E-state index in [9.17, 15) is 4.39 Å².